The fourth-order valence-corrected chi connectivity index (χ4v) is 2.48. The molecule has 1 unspecified atom stereocenters. The van der Waals surface area contributed by atoms with Crippen molar-refractivity contribution in [2.45, 2.75) is 32.3 Å². The first-order valence-corrected chi connectivity index (χ1v) is 7.26. The summed E-state index contributed by atoms with van der Waals surface area (Å²) < 4.78 is 10.7. The summed E-state index contributed by atoms with van der Waals surface area (Å²) in [5.74, 6) is -0.350. The number of esters is 1. The molecule has 1 saturated heterocycles. The van der Waals surface area contributed by atoms with E-state index in [2.05, 4.69) is 0 Å². The lowest BCUT2D eigenvalue weighted by molar-refractivity contribution is -0.143. The van der Waals surface area contributed by atoms with Crippen molar-refractivity contribution in [1.82, 2.24) is 0 Å². The summed E-state index contributed by atoms with van der Waals surface area (Å²) in [6.45, 7) is 2.93. The summed E-state index contributed by atoms with van der Waals surface area (Å²) in [4.78, 5) is 11.8. The van der Waals surface area contributed by atoms with Gasteiger partial charge in [-0.2, -0.15) is 0 Å². The van der Waals surface area contributed by atoms with Crippen LogP contribution in [0.3, 0.4) is 0 Å². The molecule has 2 rings (SSSR count). The molecule has 1 aromatic carbocycles. The predicted octanol–water partition coefficient (Wildman–Crippen LogP) is 3.86. The Bertz CT molecular complexity index is 490. The first kappa shape index (κ1) is 15.1. The van der Waals surface area contributed by atoms with Crippen LogP contribution in [0.25, 0.3) is 5.57 Å². The van der Waals surface area contributed by atoms with Crippen LogP contribution in [-0.2, 0) is 14.3 Å². The molecule has 0 radical (unpaired) electrons. The topological polar surface area (TPSA) is 35.5 Å². The first-order chi connectivity index (χ1) is 9.66. The van der Waals surface area contributed by atoms with Gasteiger partial charge in [-0.1, -0.05) is 29.8 Å². The third-order valence-corrected chi connectivity index (χ3v) is 3.65. The van der Waals surface area contributed by atoms with Gasteiger partial charge in [-0.25, -0.2) is 4.79 Å². The minimum absolute atomic E-state index is 0.0433. The maximum Gasteiger partial charge on any atom is 0.331 e. The standard InChI is InChI=1S/C16H19ClO3/c1-12(14-7-2-3-8-15(14)17)10-16(18)20-11-13-6-4-5-9-19-13/h2-3,7-8,10,13H,4-6,9,11H2,1H3. The molecule has 4 heteroatoms. The Kier molecular flexibility index (Phi) is 5.62. The SMILES string of the molecule is CC(=CC(=O)OCC1CCCCO1)c1ccccc1Cl. The number of carbonyl (C=O) groups is 1. The van der Waals surface area contributed by atoms with Crippen molar-refractivity contribution in [1.29, 1.82) is 0 Å². The monoisotopic (exact) mass is 294 g/mol. The molecule has 0 N–H and O–H groups in total. The number of allylic oxidation sites excluding steroid dienone is 1. The molecule has 0 saturated carbocycles. The van der Waals surface area contributed by atoms with E-state index >= 15 is 0 Å². The van der Waals surface area contributed by atoms with Crippen LogP contribution in [-0.4, -0.2) is 25.3 Å². The highest BCUT2D eigenvalue weighted by molar-refractivity contribution is 6.32. The Labute approximate surface area is 124 Å². The van der Waals surface area contributed by atoms with E-state index in [4.69, 9.17) is 21.1 Å². The van der Waals surface area contributed by atoms with E-state index in [1.807, 2.05) is 25.1 Å². The van der Waals surface area contributed by atoms with Crippen molar-refractivity contribution < 1.29 is 14.3 Å². The van der Waals surface area contributed by atoms with Gasteiger partial charge in [0.15, 0.2) is 0 Å². The van der Waals surface area contributed by atoms with Crippen LogP contribution in [0, 0.1) is 0 Å². The highest BCUT2D eigenvalue weighted by atomic mass is 35.5. The zero-order valence-corrected chi connectivity index (χ0v) is 12.4. The molecule has 0 aromatic heterocycles. The number of carbonyl (C=O) groups excluding carboxylic acids is 1. The van der Waals surface area contributed by atoms with Crippen molar-refractivity contribution in [2.75, 3.05) is 13.2 Å². The lowest BCUT2D eigenvalue weighted by Crippen LogP contribution is -2.25. The molecule has 1 aromatic rings. The fourth-order valence-electron chi connectivity index (χ4n) is 2.19. The van der Waals surface area contributed by atoms with E-state index in [-0.39, 0.29) is 12.1 Å². The molecule has 108 valence electrons. The minimum atomic E-state index is -0.350. The number of rotatable bonds is 4. The maximum absolute atomic E-state index is 11.8. The molecular weight excluding hydrogens is 276 g/mol. The second-order valence-corrected chi connectivity index (χ2v) is 5.33. The molecule has 0 spiro atoms. The van der Waals surface area contributed by atoms with Gasteiger partial charge in [0.2, 0.25) is 0 Å². The Hall–Kier alpha value is -1.32. The van der Waals surface area contributed by atoms with Crippen molar-refractivity contribution >= 4 is 23.1 Å². The Morgan fingerprint density at radius 3 is 2.95 bits per heavy atom. The molecule has 0 amide bonds. The average molecular weight is 295 g/mol. The normalized spacial score (nSPS) is 19.7. The lowest BCUT2D eigenvalue weighted by Gasteiger charge is -2.21. The van der Waals surface area contributed by atoms with Crippen LogP contribution in [0.5, 0.6) is 0 Å². The Morgan fingerprint density at radius 1 is 1.45 bits per heavy atom. The third-order valence-electron chi connectivity index (χ3n) is 3.32. The van der Waals surface area contributed by atoms with Gasteiger partial charge < -0.3 is 9.47 Å². The highest BCUT2D eigenvalue weighted by Crippen LogP contribution is 2.23. The van der Waals surface area contributed by atoms with Gasteiger partial charge in [0.1, 0.15) is 6.61 Å². The maximum atomic E-state index is 11.8. The lowest BCUT2D eigenvalue weighted by atomic mass is 10.1. The largest absolute Gasteiger partial charge is 0.460 e. The number of hydrogen-bond donors (Lipinski definition) is 0. The molecule has 0 bridgehead atoms. The molecular formula is C16H19ClO3. The number of hydrogen-bond acceptors (Lipinski definition) is 3. The smallest absolute Gasteiger partial charge is 0.331 e. The van der Waals surface area contributed by atoms with Gasteiger partial charge in [-0.05, 0) is 43.4 Å². The first-order valence-electron chi connectivity index (χ1n) is 6.88. The zero-order valence-electron chi connectivity index (χ0n) is 11.6. The molecule has 1 atom stereocenters. The van der Waals surface area contributed by atoms with Crippen LogP contribution in [0.2, 0.25) is 5.02 Å². The van der Waals surface area contributed by atoms with Crippen LogP contribution in [0.1, 0.15) is 31.7 Å². The second kappa shape index (κ2) is 7.46. The highest BCUT2D eigenvalue weighted by Gasteiger charge is 2.15. The van der Waals surface area contributed by atoms with E-state index in [1.165, 1.54) is 6.08 Å². The fraction of sp³-hybridized carbons (Fsp3) is 0.438. The van der Waals surface area contributed by atoms with Crippen LogP contribution in [0.15, 0.2) is 30.3 Å². The Morgan fingerprint density at radius 2 is 2.25 bits per heavy atom. The summed E-state index contributed by atoms with van der Waals surface area (Å²) in [5.41, 5.74) is 1.64. The van der Waals surface area contributed by atoms with Crippen LogP contribution >= 0.6 is 11.6 Å². The van der Waals surface area contributed by atoms with Gasteiger partial charge in [0, 0.05) is 17.7 Å². The van der Waals surface area contributed by atoms with Crippen LogP contribution in [0.4, 0.5) is 0 Å². The molecule has 1 fully saturated rings. The van der Waals surface area contributed by atoms with Gasteiger partial charge in [-0.3, -0.25) is 0 Å². The van der Waals surface area contributed by atoms with Crippen molar-refractivity contribution in [3.05, 3.63) is 40.9 Å². The van der Waals surface area contributed by atoms with Crippen molar-refractivity contribution in [3.8, 4) is 0 Å². The van der Waals surface area contributed by atoms with Gasteiger partial charge in [-0.15, -0.1) is 0 Å². The molecule has 20 heavy (non-hydrogen) atoms. The predicted molar refractivity (Wildman–Crippen MR) is 79.7 cm³/mol. The number of halogens is 1. The number of ether oxygens (including phenoxy) is 2. The summed E-state index contributed by atoms with van der Waals surface area (Å²) in [5, 5.41) is 0.629. The second-order valence-electron chi connectivity index (χ2n) is 4.93. The molecule has 3 nitrogen and oxygen atoms in total. The number of benzene rings is 1. The average Bonchev–Trinajstić information content (AvgIpc) is 2.46. The van der Waals surface area contributed by atoms with Gasteiger partial charge >= 0.3 is 5.97 Å². The summed E-state index contributed by atoms with van der Waals surface area (Å²) >= 11 is 6.09. The van der Waals surface area contributed by atoms with Gasteiger partial charge in [0.05, 0.1) is 6.10 Å². The van der Waals surface area contributed by atoms with Gasteiger partial charge in [0.25, 0.3) is 0 Å². The minimum Gasteiger partial charge on any atom is -0.460 e. The van der Waals surface area contributed by atoms with E-state index in [0.717, 1.165) is 37.0 Å². The quantitative estimate of drug-likeness (QED) is 0.625. The Balaban J connectivity index is 1.89. The zero-order chi connectivity index (χ0) is 14.4. The molecule has 1 heterocycles. The molecule has 1 aliphatic rings. The summed E-state index contributed by atoms with van der Waals surface area (Å²) in [6.07, 6.45) is 4.71. The van der Waals surface area contributed by atoms with E-state index in [1.54, 1.807) is 6.07 Å². The molecule has 0 aliphatic carbocycles. The van der Waals surface area contributed by atoms with Crippen molar-refractivity contribution in [3.63, 3.8) is 0 Å². The van der Waals surface area contributed by atoms with Crippen molar-refractivity contribution in [2.24, 2.45) is 0 Å². The van der Waals surface area contributed by atoms with E-state index in [0.29, 0.717) is 11.6 Å². The van der Waals surface area contributed by atoms with E-state index in [9.17, 15) is 4.79 Å². The summed E-state index contributed by atoms with van der Waals surface area (Å²) in [7, 11) is 0. The van der Waals surface area contributed by atoms with E-state index < -0.39 is 0 Å². The summed E-state index contributed by atoms with van der Waals surface area (Å²) in [6, 6.07) is 7.43. The molecule has 1 aliphatic heterocycles. The van der Waals surface area contributed by atoms with Crippen LogP contribution < -0.4 is 0 Å². The third kappa shape index (κ3) is 4.36.